The van der Waals surface area contributed by atoms with Gasteiger partial charge in [0, 0.05) is 8.95 Å². The number of para-hydroxylation sites is 1. The van der Waals surface area contributed by atoms with Gasteiger partial charge in [-0.2, -0.15) is 0 Å². The number of rotatable bonds is 2. The molecule has 4 nitrogen and oxygen atoms in total. The molecule has 100 valence electrons. The van der Waals surface area contributed by atoms with Crippen LogP contribution in [0.3, 0.4) is 0 Å². The highest BCUT2D eigenvalue weighted by atomic mass is 79.9. The van der Waals surface area contributed by atoms with Crippen LogP contribution in [0.5, 0.6) is 0 Å². The summed E-state index contributed by atoms with van der Waals surface area (Å²) >= 11 is 12.6. The normalized spacial score (nSPS) is 10.7. The highest BCUT2D eigenvalue weighted by Crippen LogP contribution is 2.27. The van der Waals surface area contributed by atoms with Crippen molar-refractivity contribution in [1.29, 1.82) is 0 Å². The molecule has 0 radical (unpaired) electrons. The van der Waals surface area contributed by atoms with E-state index in [0.717, 1.165) is 4.57 Å². The Hall–Kier alpha value is -0.850. The van der Waals surface area contributed by atoms with Crippen LogP contribution in [0, 0.1) is 0 Å². The van der Waals surface area contributed by atoms with Crippen molar-refractivity contribution in [3.63, 3.8) is 0 Å². The van der Waals surface area contributed by atoms with Crippen molar-refractivity contribution in [3.05, 3.63) is 58.7 Å². The van der Waals surface area contributed by atoms with E-state index >= 15 is 0 Å². The van der Waals surface area contributed by atoms with Crippen molar-refractivity contribution in [1.82, 2.24) is 9.55 Å². The van der Waals surface area contributed by atoms with Gasteiger partial charge in [0.1, 0.15) is 5.15 Å². The van der Waals surface area contributed by atoms with E-state index in [-0.39, 0.29) is 5.15 Å². The summed E-state index contributed by atoms with van der Waals surface area (Å²) < 4.78 is 2.34. The molecular formula is C12H9Br2ClN2O2. The van der Waals surface area contributed by atoms with Gasteiger partial charge >= 0.3 is 5.69 Å². The zero-order valence-corrected chi connectivity index (χ0v) is 13.8. The van der Waals surface area contributed by atoms with Crippen molar-refractivity contribution in [3.8, 4) is 5.69 Å². The second-order valence-corrected chi connectivity index (χ2v) is 5.87. The summed E-state index contributed by atoms with van der Waals surface area (Å²) in [5.74, 6) is 0. The standard InChI is InChI=1S/C12H9Br2ClN2O2/c1-2-6-10(15)16-12(19)17(11(6)18)9-7(13)4-3-5-8(9)14/h3-5H,2H2,1H3,(H,16,19). The largest absolute Gasteiger partial charge is 0.334 e. The Labute approximate surface area is 130 Å². The molecule has 1 aromatic heterocycles. The smallest absolute Gasteiger partial charge is 0.297 e. The lowest BCUT2D eigenvalue weighted by atomic mass is 10.2. The molecule has 0 atom stereocenters. The van der Waals surface area contributed by atoms with Gasteiger partial charge < -0.3 is 0 Å². The molecule has 7 heteroatoms. The zero-order valence-electron chi connectivity index (χ0n) is 9.84. The number of hydrogen-bond acceptors (Lipinski definition) is 2. The lowest BCUT2D eigenvalue weighted by molar-refractivity contribution is 0.836. The molecule has 1 N–H and O–H groups in total. The molecule has 0 saturated heterocycles. The van der Waals surface area contributed by atoms with Gasteiger partial charge in [0.05, 0.1) is 11.3 Å². The number of benzene rings is 1. The summed E-state index contributed by atoms with van der Waals surface area (Å²) in [6, 6.07) is 5.31. The third-order valence-corrected chi connectivity index (χ3v) is 4.26. The van der Waals surface area contributed by atoms with Gasteiger partial charge in [-0.25, -0.2) is 9.36 Å². The molecule has 0 unspecified atom stereocenters. The second kappa shape index (κ2) is 5.64. The van der Waals surface area contributed by atoms with Crippen LogP contribution >= 0.6 is 43.5 Å². The Bertz CT molecular complexity index is 732. The maximum absolute atomic E-state index is 12.4. The second-order valence-electron chi connectivity index (χ2n) is 3.79. The van der Waals surface area contributed by atoms with Crippen LogP contribution in [0.2, 0.25) is 5.15 Å². The fourth-order valence-corrected chi connectivity index (χ4v) is 3.41. The van der Waals surface area contributed by atoms with Gasteiger partial charge in [0.15, 0.2) is 0 Å². The first-order valence-corrected chi connectivity index (χ1v) is 7.41. The number of hydrogen-bond donors (Lipinski definition) is 1. The van der Waals surface area contributed by atoms with Crippen LogP contribution in [0.1, 0.15) is 12.5 Å². The van der Waals surface area contributed by atoms with Gasteiger partial charge in [-0.3, -0.25) is 9.78 Å². The SMILES string of the molecule is CCc1c(Cl)[nH]c(=O)n(-c2c(Br)cccc2Br)c1=O. The van der Waals surface area contributed by atoms with Crippen LogP contribution in [-0.2, 0) is 6.42 Å². The average Bonchev–Trinajstić information content (AvgIpc) is 2.33. The third kappa shape index (κ3) is 2.57. The molecule has 0 fully saturated rings. The quantitative estimate of drug-likeness (QED) is 0.776. The van der Waals surface area contributed by atoms with Gasteiger partial charge in [-0.05, 0) is 50.4 Å². The van der Waals surface area contributed by atoms with Gasteiger partial charge in [-0.15, -0.1) is 0 Å². The number of aromatic amines is 1. The lowest BCUT2D eigenvalue weighted by Crippen LogP contribution is -2.36. The molecule has 0 aliphatic rings. The maximum atomic E-state index is 12.4. The molecule has 0 spiro atoms. The zero-order chi connectivity index (χ0) is 14.2. The number of nitrogens with zero attached hydrogens (tertiary/aromatic N) is 1. The predicted molar refractivity (Wildman–Crippen MR) is 82.4 cm³/mol. The van der Waals surface area contributed by atoms with Crippen molar-refractivity contribution >= 4 is 43.5 Å². The first-order valence-electron chi connectivity index (χ1n) is 5.45. The first kappa shape index (κ1) is 14.6. The Morgan fingerprint density at radius 3 is 2.37 bits per heavy atom. The minimum Gasteiger partial charge on any atom is -0.297 e. The van der Waals surface area contributed by atoms with Crippen LogP contribution in [0.15, 0.2) is 36.7 Å². The monoisotopic (exact) mass is 406 g/mol. The van der Waals surface area contributed by atoms with Gasteiger partial charge in [-0.1, -0.05) is 24.6 Å². The van der Waals surface area contributed by atoms with Crippen molar-refractivity contribution in [2.24, 2.45) is 0 Å². The van der Waals surface area contributed by atoms with E-state index in [0.29, 0.717) is 26.6 Å². The van der Waals surface area contributed by atoms with Crippen LogP contribution in [-0.4, -0.2) is 9.55 Å². The topological polar surface area (TPSA) is 54.9 Å². The van der Waals surface area contributed by atoms with Crippen LogP contribution < -0.4 is 11.2 Å². The fourth-order valence-electron chi connectivity index (χ4n) is 1.76. The average molecular weight is 408 g/mol. The molecule has 2 aromatic rings. The molecular weight excluding hydrogens is 399 g/mol. The number of aromatic nitrogens is 2. The van der Waals surface area contributed by atoms with E-state index in [2.05, 4.69) is 36.8 Å². The van der Waals surface area contributed by atoms with E-state index in [1.165, 1.54) is 0 Å². The molecule has 0 aliphatic heterocycles. The Morgan fingerprint density at radius 1 is 1.26 bits per heavy atom. The number of H-pyrrole nitrogens is 1. The van der Waals surface area contributed by atoms with Crippen LogP contribution in [0.25, 0.3) is 5.69 Å². The lowest BCUT2D eigenvalue weighted by Gasteiger charge is -2.11. The highest BCUT2D eigenvalue weighted by Gasteiger charge is 2.16. The van der Waals surface area contributed by atoms with Crippen molar-refractivity contribution in [2.45, 2.75) is 13.3 Å². The van der Waals surface area contributed by atoms with Crippen molar-refractivity contribution < 1.29 is 0 Å². The van der Waals surface area contributed by atoms with E-state index in [4.69, 9.17) is 11.6 Å². The summed E-state index contributed by atoms with van der Waals surface area (Å²) in [6.45, 7) is 1.81. The Balaban J connectivity index is 2.92. The maximum Gasteiger partial charge on any atom is 0.334 e. The molecule has 0 amide bonds. The van der Waals surface area contributed by atoms with Crippen LogP contribution in [0.4, 0.5) is 0 Å². The summed E-state index contributed by atoms with van der Waals surface area (Å²) in [5, 5.41) is 0.0944. The van der Waals surface area contributed by atoms with E-state index in [1.54, 1.807) is 25.1 Å². The highest BCUT2D eigenvalue weighted by molar-refractivity contribution is 9.11. The van der Waals surface area contributed by atoms with E-state index in [9.17, 15) is 9.59 Å². The Kier molecular flexibility index (Phi) is 4.32. The molecule has 2 rings (SSSR count). The fraction of sp³-hybridized carbons (Fsp3) is 0.167. The first-order chi connectivity index (χ1) is 8.97. The molecule has 0 bridgehead atoms. The summed E-state index contributed by atoms with van der Waals surface area (Å²) in [7, 11) is 0. The summed E-state index contributed by atoms with van der Waals surface area (Å²) in [6.07, 6.45) is 0.441. The molecule has 1 heterocycles. The number of nitrogens with one attached hydrogen (secondary N) is 1. The van der Waals surface area contributed by atoms with Gasteiger partial charge in [0.2, 0.25) is 0 Å². The predicted octanol–water partition coefficient (Wildman–Crippen LogP) is 3.27. The summed E-state index contributed by atoms with van der Waals surface area (Å²) in [4.78, 5) is 26.9. The number of halogens is 3. The third-order valence-electron chi connectivity index (χ3n) is 2.66. The summed E-state index contributed by atoms with van der Waals surface area (Å²) in [5.41, 5.74) is -0.146. The van der Waals surface area contributed by atoms with E-state index in [1.807, 2.05) is 0 Å². The minimum absolute atomic E-state index is 0.0944. The molecule has 0 aliphatic carbocycles. The minimum atomic E-state index is -0.570. The van der Waals surface area contributed by atoms with E-state index < -0.39 is 11.2 Å². The molecule has 19 heavy (non-hydrogen) atoms. The van der Waals surface area contributed by atoms with Gasteiger partial charge in [0.25, 0.3) is 5.56 Å². The molecule has 0 saturated carbocycles. The van der Waals surface area contributed by atoms with Crippen molar-refractivity contribution in [2.75, 3.05) is 0 Å². The Morgan fingerprint density at radius 2 is 1.84 bits per heavy atom. The molecule has 1 aromatic carbocycles.